The first-order chi connectivity index (χ1) is 12.1. The highest BCUT2D eigenvalue weighted by molar-refractivity contribution is 5.75. The number of aromatic nitrogens is 2. The summed E-state index contributed by atoms with van der Waals surface area (Å²) in [4.78, 5) is 24.2. The first-order valence-corrected chi connectivity index (χ1v) is 8.73. The predicted octanol–water partition coefficient (Wildman–Crippen LogP) is 2.01. The maximum absolute atomic E-state index is 13.1. The second kappa shape index (κ2) is 8.05. The molecule has 0 spiro atoms. The van der Waals surface area contributed by atoms with Crippen LogP contribution in [0.4, 0.5) is 4.39 Å². The average molecular weight is 343 g/mol. The third-order valence-corrected chi connectivity index (χ3v) is 4.44. The van der Waals surface area contributed by atoms with Gasteiger partial charge in [-0.25, -0.2) is 9.07 Å². The number of rotatable bonds is 5. The van der Waals surface area contributed by atoms with Crippen molar-refractivity contribution in [2.75, 3.05) is 6.54 Å². The van der Waals surface area contributed by atoms with E-state index in [1.807, 2.05) is 6.07 Å². The molecule has 1 aliphatic rings. The van der Waals surface area contributed by atoms with Crippen LogP contribution in [0.2, 0.25) is 0 Å². The molecule has 0 atom stereocenters. The molecule has 0 saturated carbocycles. The number of fused-ring (bicyclic) bond motifs is 1. The van der Waals surface area contributed by atoms with Crippen molar-refractivity contribution < 1.29 is 9.18 Å². The van der Waals surface area contributed by atoms with Crippen molar-refractivity contribution in [3.63, 3.8) is 0 Å². The van der Waals surface area contributed by atoms with Gasteiger partial charge in [0, 0.05) is 12.6 Å². The molecule has 0 fully saturated rings. The third kappa shape index (κ3) is 4.75. The van der Waals surface area contributed by atoms with E-state index in [4.69, 9.17) is 0 Å². The van der Waals surface area contributed by atoms with Crippen LogP contribution in [0.15, 0.2) is 35.1 Å². The third-order valence-electron chi connectivity index (χ3n) is 4.44. The summed E-state index contributed by atoms with van der Waals surface area (Å²) < 4.78 is 14.4. The predicted molar refractivity (Wildman–Crippen MR) is 92.9 cm³/mol. The van der Waals surface area contributed by atoms with Crippen LogP contribution in [-0.2, 0) is 30.6 Å². The van der Waals surface area contributed by atoms with E-state index in [0.717, 1.165) is 48.9 Å². The largest absolute Gasteiger partial charge is 0.354 e. The summed E-state index contributed by atoms with van der Waals surface area (Å²) in [7, 11) is 0. The fourth-order valence-electron chi connectivity index (χ4n) is 3.12. The highest BCUT2D eigenvalue weighted by Gasteiger charge is 2.13. The Hall–Kier alpha value is -2.50. The molecule has 5 nitrogen and oxygen atoms in total. The van der Waals surface area contributed by atoms with Gasteiger partial charge in [-0.1, -0.05) is 18.6 Å². The fourth-order valence-corrected chi connectivity index (χ4v) is 3.12. The van der Waals surface area contributed by atoms with Crippen molar-refractivity contribution in [1.82, 2.24) is 15.1 Å². The van der Waals surface area contributed by atoms with E-state index in [9.17, 15) is 14.0 Å². The van der Waals surface area contributed by atoms with Gasteiger partial charge in [-0.3, -0.25) is 9.59 Å². The van der Waals surface area contributed by atoms with Gasteiger partial charge in [0.1, 0.15) is 12.4 Å². The van der Waals surface area contributed by atoms with E-state index >= 15 is 0 Å². The van der Waals surface area contributed by atoms with Crippen LogP contribution >= 0.6 is 0 Å². The number of amides is 1. The van der Waals surface area contributed by atoms with Gasteiger partial charge in [-0.15, -0.1) is 0 Å². The van der Waals surface area contributed by atoms with E-state index in [-0.39, 0.29) is 23.8 Å². The zero-order valence-electron chi connectivity index (χ0n) is 14.1. The molecule has 3 rings (SSSR count). The monoisotopic (exact) mass is 343 g/mol. The zero-order chi connectivity index (χ0) is 17.6. The molecule has 1 aliphatic carbocycles. The number of hydrogen-bond donors (Lipinski definition) is 1. The van der Waals surface area contributed by atoms with Crippen molar-refractivity contribution >= 4 is 5.91 Å². The minimum atomic E-state index is -0.287. The van der Waals surface area contributed by atoms with Crippen molar-refractivity contribution in [2.24, 2.45) is 0 Å². The fraction of sp³-hybridized carbons (Fsp3) is 0.421. The van der Waals surface area contributed by atoms with Gasteiger partial charge in [0.2, 0.25) is 5.91 Å². The Morgan fingerprint density at radius 3 is 2.88 bits per heavy atom. The molecule has 1 N–H and O–H groups in total. The number of carbonyl (C=O) groups excluding carboxylic acids is 1. The molecule has 1 aromatic carbocycles. The number of aryl methyl sites for hydroxylation is 2. The molecule has 1 aromatic heterocycles. The SMILES string of the molecule is O=C(Cn1nc2c(cc1=O)CCCCC2)NCCc1cccc(F)c1. The summed E-state index contributed by atoms with van der Waals surface area (Å²) in [5.74, 6) is -0.552. The summed E-state index contributed by atoms with van der Waals surface area (Å²) in [5, 5.41) is 7.14. The number of hydrogen-bond acceptors (Lipinski definition) is 3. The molecule has 0 unspecified atom stereocenters. The van der Waals surface area contributed by atoms with Crippen molar-refractivity contribution in [3.05, 3.63) is 63.3 Å². The van der Waals surface area contributed by atoms with Crippen LogP contribution in [0.1, 0.15) is 36.1 Å². The first kappa shape index (κ1) is 17.3. The van der Waals surface area contributed by atoms with Crippen molar-refractivity contribution in [2.45, 2.75) is 45.1 Å². The highest BCUT2D eigenvalue weighted by Crippen LogP contribution is 2.16. The van der Waals surface area contributed by atoms with Crippen LogP contribution in [0, 0.1) is 5.82 Å². The number of nitrogens with zero attached hydrogens (tertiary/aromatic N) is 2. The molecule has 0 aliphatic heterocycles. The van der Waals surface area contributed by atoms with Crippen LogP contribution in [-0.4, -0.2) is 22.2 Å². The number of benzene rings is 1. The number of halogens is 1. The Morgan fingerprint density at radius 2 is 2.04 bits per heavy atom. The Balaban J connectivity index is 1.57. The maximum Gasteiger partial charge on any atom is 0.267 e. The first-order valence-electron chi connectivity index (χ1n) is 8.73. The lowest BCUT2D eigenvalue weighted by molar-refractivity contribution is -0.121. The van der Waals surface area contributed by atoms with Gasteiger partial charge in [-0.2, -0.15) is 5.10 Å². The second-order valence-corrected chi connectivity index (χ2v) is 6.40. The molecule has 2 aromatic rings. The van der Waals surface area contributed by atoms with Crippen molar-refractivity contribution in [1.29, 1.82) is 0 Å². The molecule has 0 radical (unpaired) electrons. The van der Waals surface area contributed by atoms with Gasteiger partial charge in [0.25, 0.3) is 5.56 Å². The van der Waals surface area contributed by atoms with Crippen LogP contribution < -0.4 is 10.9 Å². The summed E-state index contributed by atoms with van der Waals surface area (Å²) in [6.45, 7) is 0.303. The number of nitrogens with one attached hydrogen (secondary N) is 1. The Bertz CT molecular complexity index is 817. The molecule has 0 saturated heterocycles. The van der Waals surface area contributed by atoms with E-state index in [2.05, 4.69) is 10.4 Å². The highest BCUT2D eigenvalue weighted by atomic mass is 19.1. The van der Waals surface area contributed by atoms with E-state index in [1.54, 1.807) is 12.1 Å². The molecular weight excluding hydrogens is 321 g/mol. The van der Waals surface area contributed by atoms with E-state index < -0.39 is 0 Å². The van der Waals surface area contributed by atoms with Crippen molar-refractivity contribution in [3.8, 4) is 0 Å². The normalized spacial score (nSPS) is 13.8. The summed E-state index contributed by atoms with van der Waals surface area (Å²) in [5.41, 5.74) is 2.54. The Labute approximate surface area is 145 Å². The Kier molecular flexibility index (Phi) is 5.58. The minimum absolute atomic E-state index is 0.0880. The van der Waals surface area contributed by atoms with Gasteiger partial charge in [0.15, 0.2) is 0 Å². The lowest BCUT2D eigenvalue weighted by Crippen LogP contribution is -2.35. The molecule has 132 valence electrons. The number of carbonyl (C=O) groups is 1. The van der Waals surface area contributed by atoms with Gasteiger partial charge < -0.3 is 5.32 Å². The van der Waals surface area contributed by atoms with Gasteiger partial charge in [0.05, 0.1) is 5.69 Å². The van der Waals surface area contributed by atoms with E-state index in [1.165, 1.54) is 16.8 Å². The standard InChI is InChI=1S/C19H22FN3O2/c20-16-7-4-5-14(11-16)9-10-21-18(24)13-23-19(25)12-15-6-2-1-3-8-17(15)22-23/h4-5,7,11-12H,1-3,6,8-10,13H2,(H,21,24). The van der Waals surface area contributed by atoms with Crippen LogP contribution in [0.25, 0.3) is 0 Å². The summed E-state index contributed by atoms with van der Waals surface area (Å²) in [6, 6.07) is 7.91. The zero-order valence-corrected chi connectivity index (χ0v) is 14.1. The molecular formula is C19H22FN3O2. The minimum Gasteiger partial charge on any atom is -0.354 e. The Morgan fingerprint density at radius 1 is 1.20 bits per heavy atom. The summed E-state index contributed by atoms with van der Waals surface area (Å²) >= 11 is 0. The lowest BCUT2D eigenvalue weighted by atomic mass is 10.1. The topological polar surface area (TPSA) is 64.0 Å². The molecule has 1 heterocycles. The van der Waals surface area contributed by atoms with Crippen LogP contribution in [0.3, 0.4) is 0 Å². The van der Waals surface area contributed by atoms with Gasteiger partial charge >= 0.3 is 0 Å². The van der Waals surface area contributed by atoms with E-state index in [0.29, 0.717) is 13.0 Å². The average Bonchev–Trinajstić information content (AvgIpc) is 2.80. The lowest BCUT2D eigenvalue weighted by Gasteiger charge is -2.10. The molecule has 6 heteroatoms. The quantitative estimate of drug-likeness (QED) is 0.845. The second-order valence-electron chi connectivity index (χ2n) is 6.40. The molecule has 25 heavy (non-hydrogen) atoms. The smallest absolute Gasteiger partial charge is 0.267 e. The molecule has 1 amide bonds. The van der Waals surface area contributed by atoms with Gasteiger partial charge in [-0.05, 0) is 55.4 Å². The maximum atomic E-state index is 13.1. The summed E-state index contributed by atoms with van der Waals surface area (Å²) in [6.07, 6.45) is 5.58. The molecule has 0 bridgehead atoms. The van der Waals surface area contributed by atoms with Crippen LogP contribution in [0.5, 0.6) is 0 Å².